The molecule has 1 N–H and O–H groups in total. The van der Waals surface area contributed by atoms with E-state index >= 15 is 0 Å². The Morgan fingerprint density at radius 1 is 1.10 bits per heavy atom. The van der Waals surface area contributed by atoms with Crippen molar-refractivity contribution in [3.8, 4) is 16.9 Å². The lowest BCUT2D eigenvalue weighted by atomic mass is 9.96. The molecule has 0 radical (unpaired) electrons. The maximum atomic E-state index is 13.6. The molecule has 5 heterocycles. The topological polar surface area (TPSA) is 107 Å². The highest BCUT2D eigenvalue weighted by Gasteiger charge is 2.55. The molecule has 9 nitrogen and oxygen atoms in total. The largest absolute Gasteiger partial charge is 0.289 e. The fourth-order valence-corrected chi connectivity index (χ4v) is 6.38. The van der Waals surface area contributed by atoms with Crippen LogP contribution in [0.5, 0.6) is 0 Å². The van der Waals surface area contributed by atoms with Crippen LogP contribution < -0.4 is 5.56 Å². The summed E-state index contributed by atoms with van der Waals surface area (Å²) in [6.07, 6.45) is 5.25. The molecule has 3 unspecified atom stereocenters. The van der Waals surface area contributed by atoms with Crippen molar-refractivity contribution in [1.29, 1.82) is 0 Å². The highest BCUT2D eigenvalue weighted by molar-refractivity contribution is 6.31. The van der Waals surface area contributed by atoms with Gasteiger partial charge in [0.2, 0.25) is 0 Å². The van der Waals surface area contributed by atoms with Gasteiger partial charge in [0.05, 0.1) is 34.8 Å². The molecule has 1 saturated carbocycles. The van der Waals surface area contributed by atoms with Crippen molar-refractivity contribution in [2.45, 2.75) is 31.7 Å². The van der Waals surface area contributed by atoms with Crippen LogP contribution in [0.25, 0.3) is 27.8 Å². The number of halogens is 2. The van der Waals surface area contributed by atoms with Crippen molar-refractivity contribution in [3.63, 3.8) is 0 Å². The van der Waals surface area contributed by atoms with Gasteiger partial charge >= 0.3 is 0 Å². The zero-order valence-corrected chi connectivity index (χ0v) is 22.1. The average molecular weight is 555 g/mol. The predicted octanol–water partition coefficient (Wildman–Crippen LogP) is 5.42. The highest BCUT2D eigenvalue weighted by Crippen LogP contribution is 2.61. The molecule has 0 spiro atoms. The Morgan fingerprint density at radius 3 is 2.85 bits per heavy atom. The maximum absolute atomic E-state index is 13.6. The van der Waals surface area contributed by atoms with Crippen LogP contribution in [-0.2, 0) is 0 Å². The van der Waals surface area contributed by atoms with Crippen LogP contribution in [0, 0.1) is 12.8 Å². The van der Waals surface area contributed by atoms with Gasteiger partial charge in [0, 0.05) is 46.3 Å². The van der Waals surface area contributed by atoms with E-state index < -0.39 is 0 Å². The summed E-state index contributed by atoms with van der Waals surface area (Å²) in [7, 11) is 0. The third kappa shape index (κ3) is 3.53. The molecule has 3 atom stereocenters. The fourth-order valence-electron chi connectivity index (χ4n) is 6.08. The second kappa shape index (κ2) is 8.21. The Labute approximate surface area is 231 Å². The monoisotopic (exact) mass is 554 g/mol. The zero-order chi connectivity index (χ0) is 26.4. The van der Waals surface area contributed by atoms with Crippen LogP contribution in [-0.4, -0.2) is 40.5 Å². The second-order valence-corrected chi connectivity index (χ2v) is 11.2. The van der Waals surface area contributed by atoms with Gasteiger partial charge in [0.1, 0.15) is 5.82 Å². The van der Waals surface area contributed by atoms with Gasteiger partial charge in [-0.25, -0.2) is 9.67 Å². The van der Waals surface area contributed by atoms with Gasteiger partial charge < -0.3 is 0 Å². The van der Waals surface area contributed by atoms with Crippen molar-refractivity contribution in [1.82, 2.24) is 34.7 Å². The van der Waals surface area contributed by atoms with Crippen LogP contribution in [0.2, 0.25) is 10.2 Å². The maximum Gasteiger partial charge on any atom is 0.254 e. The van der Waals surface area contributed by atoms with Gasteiger partial charge in [-0.3, -0.25) is 19.5 Å². The Hall–Kier alpha value is -4.08. The number of fused-ring (bicyclic) bond motifs is 4. The molecule has 39 heavy (non-hydrogen) atoms. The summed E-state index contributed by atoms with van der Waals surface area (Å²) in [6, 6.07) is 13.2. The predicted molar refractivity (Wildman–Crippen MR) is 149 cm³/mol. The standard InChI is InChI=1S/C28H20Cl2N8O/c1-13-17-4-2-14(6-23(17)34-33-13)21-7-15(11-31-21)27-18-9-19(18)28-32-22(10-26(39)38(27)28)20-8-16(29)3-5-24(20)37-12-25(30)35-36-37/h2-6,8,10-12,18-19,27H,7,9H2,1H3,(H,33,34). The van der Waals surface area contributed by atoms with Crippen molar-refractivity contribution >= 4 is 39.8 Å². The summed E-state index contributed by atoms with van der Waals surface area (Å²) < 4.78 is 3.43. The lowest BCUT2D eigenvalue weighted by Crippen LogP contribution is -2.27. The molecule has 1 fully saturated rings. The summed E-state index contributed by atoms with van der Waals surface area (Å²) in [4.78, 5) is 23.4. The molecule has 0 saturated heterocycles. The summed E-state index contributed by atoms with van der Waals surface area (Å²) in [6.45, 7) is 2.01. The normalized spacial score (nSPS) is 21.2. The van der Waals surface area contributed by atoms with Crippen molar-refractivity contribution < 1.29 is 0 Å². The number of aromatic amines is 1. The van der Waals surface area contributed by atoms with E-state index in [1.807, 2.05) is 23.8 Å². The number of aromatic nitrogens is 7. The molecular formula is C28H20Cl2N8O. The van der Waals surface area contributed by atoms with E-state index in [-0.39, 0.29) is 22.7 Å². The van der Waals surface area contributed by atoms with Gasteiger partial charge in [0.15, 0.2) is 5.15 Å². The Kier molecular flexibility index (Phi) is 4.81. The van der Waals surface area contributed by atoms with Crippen LogP contribution in [0.15, 0.2) is 70.2 Å². The van der Waals surface area contributed by atoms with Crippen molar-refractivity contribution in [3.05, 3.63) is 98.0 Å². The molecule has 192 valence electrons. The van der Waals surface area contributed by atoms with Crippen molar-refractivity contribution in [2.24, 2.45) is 10.9 Å². The van der Waals surface area contributed by atoms with Gasteiger partial charge in [0.25, 0.3) is 5.56 Å². The van der Waals surface area contributed by atoms with E-state index in [9.17, 15) is 4.79 Å². The second-order valence-electron chi connectivity index (χ2n) is 10.3. The molecule has 11 heteroatoms. The van der Waals surface area contributed by atoms with E-state index in [0.29, 0.717) is 34.3 Å². The zero-order valence-electron chi connectivity index (χ0n) is 20.6. The number of aryl methyl sites for hydroxylation is 1. The molecule has 3 aromatic heterocycles. The molecule has 2 aromatic carbocycles. The molecule has 1 aliphatic carbocycles. The SMILES string of the molecule is Cc1[nH]nc2cc(C3=NC=C(C4C5CC5c5nc(-c6cc(Cl)ccc6-n6cc(Cl)nn6)cc(=O)n54)C3)ccc12. The molecule has 5 aromatic rings. The van der Waals surface area contributed by atoms with Gasteiger partial charge in [-0.1, -0.05) is 40.5 Å². The summed E-state index contributed by atoms with van der Waals surface area (Å²) in [5.74, 6) is 1.42. The van der Waals surface area contributed by atoms with Crippen LogP contribution in [0.4, 0.5) is 0 Å². The third-order valence-corrected chi connectivity index (χ3v) is 8.41. The van der Waals surface area contributed by atoms with Crippen LogP contribution >= 0.6 is 23.2 Å². The number of allylic oxidation sites excluding steroid dienone is 1. The Bertz CT molecular complexity index is 1970. The first-order valence-electron chi connectivity index (χ1n) is 12.7. The Morgan fingerprint density at radius 2 is 2.00 bits per heavy atom. The third-order valence-electron chi connectivity index (χ3n) is 8.00. The van der Waals surface area contributed by atoms with E-state index in [1.165, 1.54) is 0 Å². The van der Waals surface area contributed by atoms with Crippen LogP contribution in [0.1, 0.15) is 41.9 Å². The molecule has 0 amide bonds. The van der Waals surface area contributed by atoms with E-state index in [0.717, 1.165) is 45.7 Å². The minimum atomic E-state index is -0.0856. The quantitative estimate of drug-likeness (QED) is 0.319. The smallest absolute Gasteiger partial charge is 0.254 e. The summed E-state index contributed by atoms with van der Waals surface area (Å²) in [5.41, 5.74) is 7.02. The molecule has 2 aliphatic heterocycles. The number of H-pyrrole nitrogens is 1. The summed E-state index contributed by atoms with van der Waals surface area (Å²) >= 11 is 12.4. The number of aliphatic imine (C=N–C) groups is 1. The minimum Gasteiger partial charge on any atom is -0.289 e. The number of benzene rings is 2. The number of rotatable bonds is 4. The highest BCUT2D eigenvalue weighted by atomic mass is 35.5. The minimum absolute atomic E-state index is 0.0374. The van der Waals surface area contributed by atoms with Gasteiger partial charge in [-0.05, 0) is 54.7 Å². The fraction of sp³-hybridized carbons (Fsp3) is 0.214. The first-order chi connectivity index (χ1) is 18.9. The molecule has 3 aliphatic rings. The molecule has 8 rings (SSSR count). The number of nitrogens with zero attached hydrogens (tertiary/aromatic N) is 7. The summed E-state index contributed by atoms with van der Waals surface area (Å²) in [5, 5.41) is 17.3. The number of hydrogen-bond donors (Lipinski definition) is 1. The van der Waals surface area contributed by atoms with Gasteiger partial charge in [-0.2, -0.15) is 5.10 Å². The Balaban J connectivity index is 1.14. The molecular weight excluding hydrogens is 535 g/mol. The van der Waals surface area contributed by atoms with Crippen molar-refractivity contribution in [2.75, 3.05) is 0 Å². The lowest BCUT2D eigenvalue weighted by molar-refractivity contribution is 0.519. The van der Waals surface area contributed by atoms with Crippen LogP contribution in [0.3, 0.4) is 0 Å². The number of nitrogens with one attached hydrogen (secondary N) is 1. The van der Waals surface area contributed by atoms with Gasteiger partial charge in [-0.15, -0.1) is 5.10 Å². The van der Waals surface area contributed by atoms with E-state index in [1.54, 1.807) is 29.1 Å². The first kappa shape index (κ1) is 22.9. The van der Waals surface area contributed by atoms with E-state index in [4.69, 9.17) is 33.2 Å². The van der Waals surface area contributed by atoms with E-state index in [2.05, 4.69) is 38.7 Å². The first-order valence-corrected chi connectivity index (χ1v) is 13.4. The number of hydrogen-bond acceptors (Lipinski definition) is 6. The molecule has 0 bridgehead atoms. The average Bonchev–Trinajstić information content (AvgIpc) is 3.28. The lowest BCUT2D eigenvalue weighted by Gasteiger charge is -2.20.